The maximum Gasteiger partial charge on any atom is 0.239 e. The number of thiazole rings is 1. The van der Waals surface area contributed by atoms with E-state index in [2.05, 4.69) is 4.98 Å². The highest BCUT2D eigenvalue weighted by atomic mass is 32.1. The monoisotopic (exact) mass is 241 g/mol. The van der Waals surface area contributed by atoms with Gasteiger partial charge in [-0.2, -0.15) is 0 Å². The number of hydrogen-bond donors (Lipinski definition) is 1. The van der Waals surface area contributed by atoms with Crippen LogP contribution in [0.25, 0.3) is 0 Å². The van der Waals surface area contributed by atoms with E-state index in [0.29, 0.717) is 6.54 Å². The topological polar surface area (TPSA) is 59.2 Å². The van der Waals surface area contributed by atoms with Gasteiger partial charge < -0.3 is 10.6 Å². The third-order valence-corrected chi connectivity index (χ3v) is 3.18. The summed E-state index contributed by atoms with van der Waals surface area (Å²) < 4.78 is 0. The van der Waals surface area contributed by atoms with Gasteiger partial charge in [-0.1, -0.05) is 13.3 Å². The van der Waals surface area contributed by atoms with Gasteiger partial charge in [0.2, 0.25) is 5.91 Å². The number of rotatable bonds is 5. The van der Waals surface area contributed by atoms with E-state index in [0.717, 1.165) is 23.5 Å². The Morgan fingerprint density at radius 1 is 1.69 bits per heavy atom. The molecule has 90 valence electrons. The van der Waals surface area contributed by atoms with Gasteiger partial charge in [0, 0.05) is 12.4 Å². The molecule has 1 atom stereocenters. The van der Waals surface area contributed by atoms with Gasteiger partial charge in [-0.25, -0.2) is 4.98 Å². The molecular weight excluding hydrogens is 222 g/mol. The van der Waals surface area contributed by atoms with Crippen LogP contribution in [0, 0.1) is 6.92 Å². The molecule has 0 saturated carbocycles. The first-order valence-electron chi connectivity index (χ1n) is 5.46. The Bertz CT molecular complexity index is 351. The van der Waals surface area contributed by atoms with Gasteiger partial charge in [-0.3, -0.25) is 4.79 Å². The van der Waals surface area contributed by atoms with E-state index in [1.807, 2.05) is 19.2 Å². The van der Waals surface area contributed by atoms with Crippen LogP contribution >= 0.6 is 11.3 Å². The highest BCUT2D eigenvalue weighted by Gasteiger charge is 2.17. The van der Waals surface area contributed by atoms with Gasteiger partial charge in [0.05, 0.1) is 23.3 Å². The highest BCUT2D eigenvalue weighted by Crippen LogP contribution is 2.10. The minimum absolute atomic E-state index is 0.00694. The number of aromatic nitrogens is 1. The van der Waals surface area contributed by atoms with Crippen molar-refractivity contribution < 1.29 is 4.79 Å². The zero-order valence-corrected chi connectivity index (χ0v) is 10.9. The van der Waals surface area contributed by atoms with E-state index in [1.54, 1.807) is 23.3 Å². The van der Waals surface area contributed by atoms with Crippen molar-refractivity contribution in [1.29, 1.82) is 0 Å². The van der Waals surface area contributed by atoms with E-state index in [9.17, 15) is 4.79 Å². The van der Waals surface area contributed by atoms with Crippen molar-refractivity contribution >= 4 is 17.2 Å². The smallest absolute Gasteiger partial charge is 0.239 e. The van der Waals surface area contributed by atoms with Crippen LogP contribution in [0.5, 0.6) is 0 Å². The van der Waals surface area contributed by atoms with Crippen LogP contribution in [0.3, 0.4) is 0 Å². The number of carbonyl (C=O) groups excluding carboxylic acids is 1. The zero-order valence-electron chi connectivity index (χ0n) is 10.1. The molecule has 0 unspecified atom stereocenters. The Balaban J connectivity index is 2.51. The molecule has 1 amide bonds. The first kappa shape index (κ1) is 13.1. The molecule has 1 aromatic heterocycles. The second-order valence-corrected chi connectivity index (χ2v) is 5.01. The lowest BCUT2D eigenvalue weighted by atomic mass is 10.1. The summed E-state index contributed by atoms with van der Waals surface area (Å²) >= 11 is 1.60. The number of likely N-dealkylation sites (N-methyl/N-ethyl adjacent to an activating group) is 1. The van der Waals surface area contributed by atoms with Crippen molar-refractivity contribution in [1.82, 2.24) is 9.88 Å². The molecule has 0 spiro atoms. The average Bonchev–Trinajstić information content (AvgIpc) is 2.63. The minimum atomic E-state index is -0.380. The van der Waals surface area contributed by atoms with Crippen LogP contribution in [-0.2, 0) is 11.3 Å². The molecule has 0 fully saturated rings. The second kappa shape index (κ2) is 5.96. The van der Waals surface area contributed by atoms with Crippen LogP contribution in [0.15, 0.2) is 5.38 Å². The summed E-state index contributed by atoms with van der Waals surface area (Å²) in [5.41, 5.74) is 6.71. The number of hydrogen-bond acceptors (Lipinski definition) is 4. The van der Waals surface area contributed by atoms with Gasteiger partial charge in [-0.15, -0.1) is 11.3 Å². The third-order valence-electron chi connectivity index (χ3n) is 2.36. The summed E-state index contributed by atoms with van der Waals surface area (Å²) in [5.74, 6) is -0.00694. The second-order valence-electron chi connectivity index (χ2n) is 3.95. The van der Waals surface area contributed by atoms with E-state index in [-0.39, 0.29) is 11.9 Å². The maximum absolute atomic E-state index is 11.8. The van der Waals surface area contributed by atoms with Crippen LogP contribution in [0.2, 0.25) is 0 Å². The first-order valence-corrected chi connectivity index (χ1v) is 6.34. The van der Waals surface area contributed by atoms with Gasteiger partial charge in [0.1, 0.15) is 0 Å². The molecule has 5 heteroatoms. The number of nitrogens with zero attached hydrogens (tertiary/aromatic N) is 2. The maximum atomic E-state index is 11.8. The standard InChI is InChI=1S/C11H19N3OS/c1-4-5-10(12)11(15)14(3)6-9-7-16-8(2)13-9/h7,10H,4-6,12H2,1-3H3/t10-/m1/s1. The van der Waals surface area contributed by atoms with E-state index in [4.69, 9.17) is 5.73 Å². The molecule has 1 aromatic rings. The molecule has 4 nitrogen and oxygen atoms in total. The fourth-order valence-electron chi connectivity index (χ4n) is 1.52. The molecule has 2 N–H and O–H groups in total. The summed E-state index contributed by atoms with van der Waals surface area (Å²) in [6.45, 7) is 4.52. The molecule has 0 bridgehead atoms. The Kier molecular flexibility index (Phi) is 4.89. The van der Waals surface area contributed by atoms with E-state index < -0.39 is 0 Å². The molecule has 0 saturated heterocycles. The molecule has 1 rings (SSSR count). The molecular formula is C11H19N3OS. The van der Waals surface area contributed by atoms with Crippen molar-refractivity contribution in [2.75, 3.05) is 7.05 Å². The highest BCUT2D eigenvalue weighted by molar-refractivity contribution is 7.09. The van der Waals surface area contributed by atoms with Crippen LogP contribution in [0.4, 0.5) is 0 Å². The summed E-state index contributed by atoms with van der Waals surface area (Å²) in [7, 11) is 1.77. The molecule has 0 aliphatic rings. The van der Waals surface area contributed by atoms with Crippen molar-refractivity contribution in [3.8, 4) is 0 Å². The molecule has 16 heavy (non-hydrogen) atoms. The first-order chi connectivity index (χ1) is 7.54. The average molecular weight is 241 g/mol. The van der Waals surface area contributed by atoms with E-state index >= 15 is 0 Å². The number of nitrogens with two attached hydrogens (primary N) is 1. The fraction of sp³-hybridized carbons (Fsp3) is 0.636. The third kappa shape index (κ3) is 3.57. The Morgan fingerprint density at radius 2 is 2.38 bits per heavy atom. The van der Waals surface area contributed by atoms with Crippen molar-refractivity contribution in [3.05, 3.63) is 16.1 Å². The molecule has 0 aliphatic heterocycles. The fourth-order valence-corrected chi connectivity index (χ4v) is 2.12. The lowest BCUT2D eigenvalue weighted by molar-refractivity contribution is -0.132. The SMILES string of the molecule is CCC[C@@H](N)C(=O)N(C)Cc1csc(C)n1. The van der Waals surface area contributed by atoms with Crippen molar-refractivity contribution in [2.45, 2.75) is 39.3 Å². The summed E-state index contributed by atoms with van der Waals surface area (Å²) in [6, 6.07) is -0.380. The van der Waals surface area contributed by atoms with Gasteiger partial charge in [0.25, 0.3) is 0 Å². The van der Waals surface area contributed by atoms with Gasteiger partial charge in [0.15, 0.2) is 0 Å². The minimum Gasteiger partial charge on any atom is -0.338 e. The number of carbonyl (C=O) groups is 1. The lowest BCUT2D eigenvalue weighted by Crippen LogP contribution is -2.41. The van der Waals surface area contributed by atoms with Crippen LogP contribution in [0.1, 0.15) is 30.5 Å². The van der Waals surface area contributed by atoms with Gasteiger partial charge >= 0.3 is 0 Å². The van der Waals surface area contributed by atoms with Crippen LogP contribution < -0.4 is 5.73 Å². The van der Waals surface area contributed by atoms with Crippen molar-refractivity contribution in [2.24, 2.45) is 5.73 Å². The lowest BCUT2D eigenvalue weighted by Gasteiger charge is -2.20. The Hall–Kier alpha value is -0.940. The molecule has 0 aliphatic carbocycles. The normalized spacial score (nSPS) is 12.5. The van der Waals surface area contributed by atoms with Crippen LogP contribution in [-0.4, -0.2) is 28.9 Å². The summed E-state index contributed by atoms with van der Waals surface area (Å²) in [4.78, 5) is 17.8. The quantitative estimate of drug-likeness (QED) is 0.850. The molecule has 0 radical (unpaired) electrons. The predicted octanol–water partition coefficient (Wildman–Crippen LogP) is 1.54. The van der Waals surface area contributed by atoms with Crippen molar-refractivity contribution in [3.63, 3.8) is 0 Å². The summed E-state index contributed by atoms with van der Waals surface area (Å²) in [6.07, 6.45) is 1.66. The van der Waals surface area contributed by atoms with Gasteiger partial charge in [-0.05, 0) is 13.3 Å². The zero-order chi connectivity index (χ0) is 12.1. The Labute approximate surface area is 100 Å². The Morgan fingerprint density at radius 3 is 2.88 bits per heavy atom. The predicted molar refractivity (Wildman–Crippen MR) is 66.2 cm³/mol. The molecule has 1 heterocycles. The number of aryl methyl sites for hydroxylation is 1. The summed E-state index contributed by atoms with van der Waals surface area (Å²) in [5, 5.41) is 3.00. The van der Waals surface area contributed by atoms with E-state index in [1.165, 1.54) is 0 Å². The largest absolute Gasteiger partial charge is 0.338 e. The number of amides is 1. The molecule has 0 aromatic carbocycles.